The Labute approximate surface area is 66.0 Å². The van der Waals surface area contributed by atoms with Gasteiger partial charge in [-0.15, -0.1) is 0 Å². The van der Waals surface area contributed by atoms with Crippen molar-refractivity contribution in [3.63, 3.8) is 0 Å². The van der Waals surface area contributed by atoms with Gasteiger partial charge in [0.2, 0.25) is 0 Å². The molecule has 66 valence electrons. The van der Waals surface area contributed by atoms with Crippen molar-refractivity contribution < 1.29 is 19.1 Å². The number of nitrogens with one attached hydrogen (secondary N) is 1. The molecule has 0 saturated heterocycles. The van der Waals surface area contributed by atoms with E-state index in [4.69, 9.17) is 4.74 Å². The highest BCUT2D eigenvalue weighted by Gasteiger charge is 1.96. The van der Waals surface area contributed by atoms with Gasteiger partial charge in [0.15, 0.2) is 0 Å². The van der Waals surface area contributed by atoms with Crippen LogP contribution in [-0.2, 0) is 9.53 Å². The van der Waals surface area contributed by atoms with E-state index < -0.39 is 0 Å². The van der Waals surface area contributed by atoms with Crippen molar-refractivity contribution in [3.05, 3.63) is 12.7 Å². The molecule has 0 rings (SSSR count). The predicted molar refractivity (Wildman–Crippen MR) is 38.8 cm³/mol. The lowest BCUT2D eigenvalue weighted by atomic mass is 10.6. The molecule has 0 aliphatic carbocycles. The van der Waals surface area contributed by atoms with Gasteiger partial charge in [0.1, 0.15) is 13.2 Å². The number of quaternary nitrogens is 1. The third-order valence-corrected chi connectivity index (χ3v) is 1.01. The van der Waals surface area contributed by atoms with E-state index in [2.05, 4.69) is 6.58 Å². The minimum atomic E-state index is -0.346. The van der Waals surface area contributed by atoms with Crippen LogP contribution >= 0.6 is 0 Å². The number of carbonyl (C=O) groups excluding carboxylic acids is 1. The first-order valence-corrected chi connectivity index (χ1v) is 3.25. The van der Waals surface area contributed by atoms with Crippen molar-refractivity contribution in [2.45, 2.75) is 0 Å². The highest BCUT2D eigenvalue weighted by atomic mass is 19.0. The first kappa shape index (κ1) is 12.7. The Hall–Kier alpha value is -0.900. The molecule has 0 saturated carbocycles. The average Bonchev–Trinajstić information content (AvgIpc) is 1.87. The van der Waals surface area contributed by atoms with Crippen LogP contribution in [0.3, 0.4) is 0 Å². The summed E-state index contributed by atoms with van der Waals surface area (Å²) < 4.78 is 4.72. The Bertz CT molecular complexity index is 126. The van der Waals surface area contributed by atoms with E-state index in [0.717, 1.165) is 6.54 Å². The third-order valence-electron chi connectivity index (χ3n) is 1.01. The van der Waals surface area contributed by atoms with Gasteiger partial charge in [-0.2, -0.15) is 0 Å². The molecule has 0 unspecified atom stereocenters. The van der Waals surface area contributed by atoms with E-state index in [-0.39, 0.29) is 10.7 Å². The van der Waals surface area contributed by atoms with Crippen molar-refractivity contribution in [2.75, 3.05) is 27.2 Å². The standard InChI is InChI=1S/C7H13NO2.FH/c1-4-7(9)10-6-5-8(2)3;/h4H,1,5-6H2,2-3H3;1H. The first-order chi connectivity index (χ1) is 4.66. The number of hydrogen-bond acceptors (Lipinski definition) is 2. The van der Waals surface area contributed by atoms with Gasteiger partial charge in [0.25, 0.3) is 0 Å². The fourth-order valence-electron chi connectivity index (χ4n) is 0.415. The summed E-state index contributed by atoms with van der Waals surface area (Å²) in [6.45, 7) is 4.58. The molecule has 3 nitrogen and oxygen atoms in total. The van der Waals surface area contributed by atoms with E-state index >= 15 is 0 Å². The molecule has 0 aromatic carbocycles. The van der Waals surface area contributed by atoms with Crippen LogP contribution in [0.1, 0.15) is 0 Å². The molecule has 0 aliphatic rings. The summed E-state index contributed by atoms with van der Waals surface area (Å²) in [5.41, 5.74) is 0. The summed E-state index contributed by atoms with van der Waals surface area (Å²) in [5, 5.41) is 0. The molecule has 1 N–H and O–H groups in total. The predicted octanol–water partition coefficient (Wildman–Crippen LogP) is -4.14. The Morgan fingerprint density at radius 2 is 2.18 bits per heavy atom. The normalized spacial score (nSPS) is 8.64. The topological polar surface area (TPSA) is 30.7 Å². The minimum Gasteiger partial charge on any atom is -1.00 e. The lowest BCUT2D eigenvalue weighted by Gasteiger charge is -2.05. The van der Waals surface area contributed by atoms with Crippen LogP contribution in [0, 0.1) is 0 Å². The van der Waals surface area contributed by atoms with Gasteiger partial charge in [-0.25, -0.2) is 4.79 Å². The molecule has 0 aromatic rings. The largest absolute Gasteiger partial charge is 1.00 e. The molecular formula is C7H14FNO2. The van der Waals surface area contributed by atoms with Crippen LogP contribution in [0.25, 0.3) is 0 Å². The van der Waals surface area contributed by atoms with Crippen LogP contribution in [0.4, 0.5) is 0 Å². The maximum Gasteiger partial charge on any atom is 0.330 e. The SMILES string of the molecule is C=CC(=O)OCC[NH+](C)C.[F-]. The molecule has 0 aliphatic heterocycles. The second-order valence-corrected chi connectivity index (χ2v) is 2.33. The van der Waals surface area contributed by atoms with Gasteiger partial charge in [-0.1, -0.05) is 6.58 Å². The number of halogens is 1. The molecule has 0 amide bonds. The van der Waals surface area contributed by atoms with Gasteiger partial charge in [-0.3, -0.25) is 0 Å². The highest BCUT2D eigenvalue weighted by molar-refractivity contribution is 5.81. The van der Waals surface area contributed by atoms with Crippen molar-refractivity contribution in [2.24, 2.45) is 0 Å². The number of likely N-dealkylation sites (N-methyl/N-ethyl adjacent to an activating group) is 1. The molecule has 11 heavy (non-hydrogen) atoms. The first-order valence-electron chi connectivity index (χ1n) is 3.25. The minimum absolute atomic E-state index is 0. The maximum absolute atomic E-state index is 10.4. The second kappa shape index (κ2) is 7.21. The molecule has 0 fully saturated rings. The Kier molecular flexibility index (Phi) is 8.36. The summed E-state index contributed by atoms with van der Waals surface area (Å²) in [6, 6.07) is 0. The summed E-state index contributed by atoms with van der Waals surface area (Å²) in [5.74, 6) is -0.346. The van der Waals surface area contributed by atoms with Crippen LogP contribution in [-0.4, -0.2) is 33.2 Å². The Morgan fingerprint density at radius 3 is 2.55 bits per heavy atom. The third kappa shape index (κ3) is 9.10. The van der Waals surface area contributed by atoms with E-state index in [1.54, 1.807) is 0 Å². The summed E-state index contributed by atoms with van der Waals surface area (Å²) in [7, 11) is 4.00. The maximum atomic E-state index is 10.4. The quantitative estimate of drug-likeness (QED) is 0.337. The van der Waals surface area contributed by atoms with Crippen LogP contribution in [0.2, 0.25) is 0 Å². The van der Waals surface area contributed by atoms with Crippen molar-refractivity contribution in [3.8, 4) is 0 Å². The molecule has 0 heterocycles. The Balaban J connectivity index is 0. The van der Waals surface area contributed by atoms with E-state index in [9.17, 15) is 4.79 Å². The summed E-state index contributed by atoms with van der Waals surface area (Å²) in [6.07, 6.45) is 1.17. The molecule has 0 aromatic heterocycles. The van der Waals surface area contributed by atoms with Crippen molar-refractivity contribution >= 4 is 5.97 Å². The molecule has 0 bridgehead atoms. The number of carbonyl (C=O) groups is 1. The van der Waals surface area contributed by atoms with Crippen molar-refractivity contribution in [1.82, 2.24) is 0 Å². The van der Waals surface area contributed by atoms with Crippen LogP contribution < -0.4 is 9.60 Å². The van der Waals surface area contributed by atoms with E-state index in [1.165, 1.54) is 11.0 Å². The van der Waals surface area contributed by atoms with Gasteiger partial charge in [0, 0.05) is 6.08 Å². The molecule has 4 heteroatoms. The zero-order valence-corrected chi connectivity index (χ0v) is 6.89. The fourth-order valence-corrected chi connectivity index (χ4v) is 0.415. The molecular weight excluding hydrogens is 149 g/mol. The number of rotatable bonds is 4. The number of ether oxygens (including phenoxy) is 1. The summed E-state index contributed by atoms with van der Waals surface area (Å²) >= 11 is 0. The Morgan fingerprint density at radius 1 is 1.64 bits per heavy atom. The molecule has 0 spiro atoms. The zero-order chi connectivity index (χ0) is 7.98. The molecule has 0 radical (unpaired) electrons. The molecule has 0 atom stereocenters. The number of hydrogen-bond donors (Lipinski definition) is 1. The van der Waals surface area contributed by atoms with Gasteiger partial charge >= 0.3 is 5.97 Å². The van der Waals surface area contributed by atoms with Gasteiger partial charge < -0.3 is 14.3 Å². The van der Waals surface area contributed by atoms with Gasteiger partial charge in [0.05, 0.1) is 14.1 Å². The van der Waals surface area contributed by atoms with Gasteiger partial charge in [-0.05, 0) is 0 Å². The average molecular weight is 163 g/mol. The lowest BCUT2D eigenvalue weighted by molar-refractivity contribution is -0.858. The smallest absolute Gasteiger partial charge is 0.330 e. The fraction of sp³-hybridized carbons (Fsp3) is 0.571. The summed E-state index contributed by atoms with van der Waals surface area (Å²) in [4.78, 5) is 11.7. The monoisotopic (exact) mass is 163 g/mol. The lowest BCUT2D eigenvalue weighted by Crippen LogP contribution is -3.06. The van der Waals surface area contributed by atoms with Crippen LogP contribution in [0.15, 0.2) is 12.7 Å². The van der Waals surface area contributed by atoms with E-state index in [1.807, 2.05) is 14.1 Å². The zero-order valence-electron chi connectivity index (χ0n) is 6.89. The second-order valence-electron chi connectivity index (χ2n) is 2.33. The van der Waals surface area contributed by atoms with E-state index in [0.29, 0.717) is 6.61 Å². The van der Waals surface area contributed by atoms with Crippen LogP contribution in [0.5, 0.6) is 0 Å². The number of esters is 1. The highest BCUT2D eigenvalue weighted by Crippen LogP contribution is 1.74. The van der Waals surface area contributed by atoms with Crippen molar-refractivity contribution in [1.29, 1.82) is 0 Å².